The molecule has 0 unspecified atom stereocenters. The predicted octanol–water partition coefficient (Wildman–Crippen LogP) is 3.05. The van der Waals surface area contributed by atoms with E-state index in [-0.39, 0.29) is 17.9 Å². The Bertz CT molecular complexity index is 625. The molecule has 1 aliphatic heterocycles. The van der Waals surface area contributed by atoms with Gasteiger partial charge in [0.1, 0.15) is 0 Å². The zero-order chi connectivity index (χ0) is 18.4. The van der Waals surface area contributed by atoms with E-state index in [9.17, 15) is 9.59 Å². The topological polar surface area (TPSA) is 52.7 Å². The molecule has 1 aromatic carbocycles. The quantitative estimate of drug-likeness (QED) is 0.794. The van der Waals surface area contributed by atoms with Crippen molar-refractivity contribution in [1.29, 1.82) is 0 Å². The smallest absolute Gasteiger partial charge is 0.254 e. The van der Waals surface area contributed by atoms with E-state index in [1.165, 1.54) is 19.3 Å². The van der Waals surface area contributed by atoms with E-state index in [0.717, 1.165) is 43.5 Å². The maximum absolute atomic E-state index is 13.2. The monoisotopic (exact) mass is 421 g/mol. The van der Waals surface area contributed by atoms with E-state index in [4.69, 9.17) is 0 Å². The molecule has 1 saturated heterocycles. The number of amides is 2. The van der Waals surface area contributed by atoms with Crippen molar-refractivity contribution in [2.45, 2.75) is 44.6 Å². The highest BCUT2D eigenvalue weighted by Crippen LogP contribution is 2.25. The average Bonchev–Trinajstić information content (AvgIpc) is 2.69. The number of nitrogens with one attached hydrogen (secondary N) is 1. The summed E-state index contributed by atoms with van der Waals surface area (Å²) in [5.41, 5.74) is 0.694. The van der Waals surface area contributed by atoms with Crippen molar-refractivity contribution in [1.82, 2.24) is 15.1 Å². The minimum Gasteiger partial charge on any atom is -0.340 e. The number of rotatable bonds is 5. The summed E-state index contributed by atoms with van der Waals surface area (Å²) >= 11 is 3.45. The number of halogens is 1. The molecule has 1 aliphatic carbocycles. The van der Waals surface area contributed by atoms with Crippen LogP contribution in [0.3, 0.4) is 0 Å². The van der Waals surface area contributed by atoms with Gasteiger partial charge in [0.2, 0.25) is 5.91 Å². The lowest BCUT2D eigenvalue weighted by Gasteiger charge is -2.35. The first kappa shape index (κ1) is 19.4. The SMILES string of the molecule is O=C(CCN(C(=O)c1cccc(Br)c1)C1CCCCC1)N1CCNCC1. The highest BCUT2D eigenvalue weighted by atomic mass is 79.9. The highest BCUT2D eigenvalue weighted by Gasteiger charge is 2.27. The first-order valence-electron chi connectivity index (χ1n) is 9.70. The summed E-state index contributed by atoms with van der Waals surface area (Å²) in [6.45, 7) is 3.76. The second kappa shape index (κ2) is 9.51. The molecule has 1 saturated carbocycles. The predicted molar refractivity (Wildman–Crippen MR) is 106 cm³/mol. The van der Waals surface area contributed by atoms with E-state index >= 15 is 0 Å². The molecule has 1 aromatic rings. The number of piperazine rings is 1. The van der Waals surface area contributed by atoms with Crippen molar-refractivity contribution in [3.8, 4) is 0 Å². The fourth-order valence-corrected chi connectivity index (χ4v) is 4.32. The Balaban J connectivity index is 1.68. The van der Waals surface area contributed by atoms with Crippen LogP contribution in [0.4, 0.5) is 0 Å². The van der Waals surface area contributed by atoms with Crippen LogP contribution in [0.2, 0.25) is 0 Å². The van der Waals surface area contributed by atoms with Gasteiger partial charge in [0.15, 0.2) is 0 Å². The van der Waals surface area contributed by atoms with Crippen molar-refractivity contribution in [2.75, 3.05) is 32.7 Å². The third-order valence-corrected chi connectivity index (χ3v) is 5.88. The van der Waals surface area contributed by atoms with Gasteiger partial charge in [-0.1, -0.05) is 41.3 Å². The normalized spacial score (nSPS) is 18.6. The van der Waals surface area contributed by atoms with Crippen LogP contribution in [0.5, 0.6) is 0 Å². The van der Waals surface area contributed by atoms with Gasteiger partial charge < -0.3 is 15.1 Å². The Morgan fingerprint density at radius 3 is 2.58 bits per heavy atom. The lowest BCUT2D eigenvalue weighted by atomic mass is 9.93. The third kappa shape index (κ3) is 5.07. The molecule has 6 heteroatoms. The number of nitrogens with zero attached hydrogens (tertiary/aromatic N) is 2. The molecule has 0 spiro atoms. The number of carbonyl (C=O) groups is 2. The van der Waals surface area contributed by atoms with Crippen LogP contribution in [0, 0.1) is 0 Å². The maximum Gasteiger partial charge on any atom is 0.254 e. The summed E-state index contributed by atoms with van der Waals surface area (Å²) in [5, 5.41) is 3.27. The molecule has 5 nitrogen and oxygen atoms in total. The molecule has 26 heavy (non-hydrogen) atoms. The molecule has 1 heterocycles. The minimum atomic E-state index is 0.0475. The van der Waals surface area contributed by atoms with Gasteiger partial charge in [-0.15, -0.1) is 0 Å². The Labute approximate surface area is 164 Å². The van der Waals surface area contributed by atoms with E-state index in [1.54, 1.807) is 0 Å². The van der Waals surface area contributed by atoms with Gasteiger partial charge >= 0.3 is 0 Å². The molecule has 2 amide bonds. The fraction of sp³-hybridized carbons (Fsp3) is 0.600. The molecule has 0 atom stereocenters. The highest BCUT2D eigenvalue weighted by molar-refractivity contribution is 9.10. The second-order valence-electron chi connectivity index (χ2n) is 7.18. The van der Waals surface area contributed by atoms with Crippen LogP contribution >= 0.6 is 15.9 Å². The zero-order valence-corrected chi connectivity index (χ0v) is 16.8. The molecule has 2 aliphatic rings. The van der Waals surface area contributed by atoms with Gasteiger partial charge in [-0.25, -0.2) is 0 Å². The number of hydrogen-bond donors (Lipinski definition) is 1. The molecule has 142 valence electrons. The maximum atomic E-state index is 13.2. The van der Waals surface area contributed by atoms with E-state index < -0.39 is 0 Å². The minimum absolute atomic E-state index is 0.0475. The van der Waals surface area contributed by atoms with Crippen LogP contribution in [0.15, 0.2) is 28.7 Å². The molecule has 0 aromatic heterocycles. The van der Waals surface area contributed by atoms with Crippen LogP contribution in [0.25, 0.3) is 0 Å². The van der Waals surface area contributed by atoms with Crippen LogP contribution in [0.1, 0.15) is 48.9 Å². The Morgan fingerprint density at radius 1 is 1.15 bits per heavy atom. The van der Waals surface area contributed by atoms with Crippen LogP contribution in [-0.2, 0) is 4.79 Å². The van der Waals surface area contributed by atoms with Gasteiger partial charge in [0, 0.05) is 55.2 Å². The Morgan fingerprint density at radius 2 is 1.88 bits per heavy atom. The van der Waals surface area contributed by atoms with Gasteiger partial charge in [-0.3, -0.25) is 9.59 Å². The lowest BCUT2D eigenvalue weighted by molar-refractivity contribution is -0.132. The van der Waals surface area contributed by atoms with E-state index in [0.29, 0.717) is 18.5 Å². The van der Waals surface area contributed by atoms with E-state index in [1.807, 2.05) is 34.1 Å². The van der Waals surface area contributed by atoms with Gasteiger partial charge in [-0.05, 0) is 31.0 Å². The molecule has 2 fully saturated rings. The lowest BCUT2D eigenvalue weighted by Crippen LogP contribution is -2.48. The van der Waals surface area contributed by atoms with Gasteiger partial charge in [0.25, 0.3) is 5.91 Å². The summed E-state index contributed by atoms with van der Waals surface area (Å²) in [5.74, 6) is 0.209. The molecular weight excluding hydrogens is 394 g/mol. The summed E-state index contributed by atoms with van der Waals surface area (Å²) in [4.78, 5) is 29.6. The van der Waals surface area contributed by atoms with Crippen molar-refractivity contribution < 1.29 is 9.59 Å². The Kier molecular flexibility index (Phi) is 7.08. The standard InChI is InChI=1S/C20H28BrN3O2/c21-17-6-4-5-16(15-17)20(26)24(18-7-2-1-3-8-18)12-9-19(25)23-13-10-22-11-14-23/h4-6,15,18,22H,1-3,7-14H2. The molecule has 1 N–H and O–H groups in total. The molecular formula is C20H28BrN3O2. The van der Waals surface area contributed by atoms with Crippen molar-refractivity contribution in [2.24, 2.45) is 0 Å². The molecule has 0 radical (unpaired) electrons. The second-order valence-corrected chi connectivity index (χ2v) is 8.10. The average molecular weight is 422 g/mol. The number of hydrogen-bond acceptors (Lipinski definition) is 3. The van der Waals surface area contributed by atoms with Crippen molar-refractivity contribution >= 4 is 27.7 Å². The first-order valence-corrected chi connectivity index (χ1v) is 10.5. The van der Waals surface area contributed by atoms with Gasteiger partial charge in [0.05, 0.1) is 0 Å². The number of carbonyl (C=O) groups excluding carboxylic acids is 2. The van der Waals surface area contributed by atoms with Crippen molar-refractivity contribution in [3.05, 3.63) is 34.3 Å². The summed E-state index contributed by atoms with van der Waals surface area (Å²) in [6.07, 6.45) is 6.08. The third-order valence-electron chi connectivity index (χ3n) is 5.38. The summed E-state index contributed by atoms with van der Waals surface area (Å²) in [7, 11) is 0. The summed E-state index contributed by atoms with van der Waals surface area (Å²) < 4.78 is 0.906. The summed E-state index contributed by atoms with van der Waals surface area (Å²) in [6, 6.07) is 7.81. The van der Waals surface area contributed by atoms with Crippen LogP contribution in [-0.4, -0.2) is 60.4 Å². The van der Waals surface area contributed by atoms with E-state index in [2.05, 4.69) is 21.2 Å². The molecule has 0 bridgehead atoms. The Hall–Kier alpha value is -1.40. The molecule has 3 rings (SSSR count). The number of benzene rings is 1. The largest absolute Gasteiger partial charge is 0.340 e. The first-order chi connectivity index (χ1) is 12.6. The van der Waals surface area contributed by atoms with Crippen LogP contribution < -0.4 is 5.32 Å². The van der Waals surface area contributed by atoms with Gasteiger partial charge in [-0.2, -0.15) is 0 Å². The fourth-order valence-electron chi connectivity index (χ4n) is 3.92. The zero-order valence-electron chi connectivity index (χ0n) is 15.3. The van der Waals surface area contributed by atoms with Crippen molar-refractivity contribution in [3.63, 3.8) is 0 Å².